The van der Waals surface area contributed by atoms with Crippen LogP contribution < -0.4 is 10.1 Å². The third-order valence-corrected chi connectivity index (χ3v) is 7.21. The quantitative estimate of drug-likeness (QED) is 0.445. The molecule has 37 heavy (non-hydrogen) atoms. The van der Waals surface area contributed by atoms with Crippen molar-refractivity contribution in [3.05, 3.63) is 100 Å². The van der Waals surface area contributed by atoms with Crippen LogP contribution in [0.5, 0.6) is 5.75 Å². The third-order valence-electron chi connectivity index (χ3n) is 7.21. The van der Waals surface area contributed by atoms with E-state index >= 15 is 0 Å². The molecule has 2 amide bonds. The number of nitrogens with zero attached hydrogens (tertiary/aromatic N) is 1. The first kappa shape index (κ1) is 25.0. The van der Waals surface area contributed by atoms with E-state index in [1.54, 1.807) is 12.1 Å². The summed E-state index contributed by atoms with van der Waals surface area (Å²) in [6, 6.07) is 20.3. The van der Waals surface area contributed by atoms with Crippen LogP contribution in [0.25, 0.3) is 0 Å². The summed E-state index contributed by atoms with van der Waals surface area (Å²) >= 11 is 0. The van der Waals surface area contributed by atoms with E-state index in [9.17, 15) is 14.0 Å². The van der Waals surface area contributed by atoms with Crippen LogP contribution in [0.1, 0.15) is 60.0 Å². The highest BCUT2D eigenvalue weighted by atomic mass is 19.1. The standard InChI is InChI=1S/C31H33FN2O3/c1-3-28(30(35)33-19-21-7-5-9-25(32)17-21)37-26-13-12-22-14-15-34(31(36)23-10-11-23)29(27(22)18-26)24-8-4-6-20(2)16-24/h4-9,12-13,16-18,23,28-29H,3,10-11,14-15,19H2,1-2H3,(H,33,35)/t28-,29+/m1/s1. The van der Waals surface area contributed by atoms with Gasteiger partial charge in [-0.2, -0.15) is 0 Å². The summed E-state index contributed by atoms with van der Waals surface area (Å²) in [6.07, 6.45) is 2.53. The number of nitrogens with one attached hydrogen (secondary N) is 1. The zero-order valence-electron chi connectivity index (χ0n) is 21.4. The molecule has 0 bridgehead atoms. The van der Waals surface area contributed by atoms with Crippen LogP contribution in [-0.2, 0) is 22.6 Å². The van der Waals surface area contributed by atoms with Crippen LogP contribution in [0.3, 0.4) is 0 Å². The minimum Gasteiger partial charge on any atom is -0.481 e. The van der Waals surface area contributed by atoms with E-state index in [4.69, 9.17) is 4.74 Å². The van der Waals surface area contributed by atoms with Gasteiger partial charge < -0.3 is 15.0 Å². The predicted octanol–water partition coefficient (Wildman–Crippen LogP) is 5.49. The van der Waals surface area contributed by atoms with E-state index < -0.39 is 6.10 Å². The van der Waals surface area contributed by atoms with Crippen molar-refractivity contribution in [3.63, 3.8) is 0 Å². The van der Waals surface area contributed by atoms with E-state index in [1.165, 1.54) is 17.7 Å². The first-order valence-electron chi connectivity index (χ1n) is 13.1. The first-order valence-corrected chi connectivity index (χ1v) is 13.1. The SMILES string of the molecule is CC[C@@H](Oc1ccc2c(c1)[C@H](c1cccc(C)c1)N(C(=O)C1CC1)CC2)C(=O)NCc1cccc(F)c1. The highest BCUT2D eigenvalue weighted by Gasteiger charge is 2.39. The number of hydrogen-bond acceptors (Lipinski definition) is 3. The lowest BCUT2D eigenvalue weighted by atomic mass is 9.87. The molecule has 192 valence electrons. The topological polar surface area (TPSA) is 58.6 Å². The molecule has 2 atom stereocenters. The van der Waals surface area contributed by atoms with Gasteiger partial charge >= 0.3 is 0 Å². The zero-order valence-corrected chi connectivity index (χ0v) is 21.4. The fraction of sp³-hybridized carbons (Fsp3) is 0.355. The molecular weight excluding hydrogens is 467 g/mol. The Morgan fingerprint density at radius 1 is 1.08 bits per heavy atom. The third kappa shape index (κ3) is 5.68. The minimum atomic E-state index is -0.684. The Kier molecular flexibility index (Phi) is 7.26. The molecule has 6 heteroatoms. The maximum Gasteiger partial charge on any atom is 0.261 e. The van der Waals surface area contributed by atoms with Gasteiger partial charge in [-0.3, -0.25) is 9.59 Å². The predicted molar refractivity (Wildman–Crippen MR) is 141 cm³/mol. The summed E-state index contributed by atoms with van der Waals surface area (Å²) in [4.78, 5) is 28.2. The second-order valence-electron chi connectivity index (χ2n) is 10.1. The molecule has 1 N–H and O–H groups in total. The Hall–Kier alpha value is -3.67. The van der Waals surface area contributed by atoms with Gasteiger partial charge in [0.2, 0.25) is 5.91 Å². The van der Waals surface area contributed by atoms with E-state index in [0.29, 0.717) is 24.3 Å². The molecule has 0 unspecified atom stereocenters. The van der Waals surface area contributed by atoms with Gasteiger partial charge in [-0.15, -0.1) is 0 Å². The van der Waals surface area contributed by atoms with Crippen molar-refractivity contribution in [1.82, 2.24) is 10.2 Å². The van der Waals surface area contributed by atoms with Crippen molar-refractivity contribution in [1.29, 1.82) is 0 Å². The molecule has 3 aromatic rings. The van der Waals surface area contributed by atoms with E-state index in [-0.39, 0.29) is 36.1 Å². The Morgan fingerprint density at radius 3 is 2.62 bits per heavy atom. The Labute approximate surface area is 217 Å². The van der Waals surface area contributed by atoms with Crippen LogP contribution in [0, 0.1) is 18.7 Å². The summed E-state index contributed by atoms with van der Waals surface area (Å²) in [5.41, 5.74) is 5.18. The number of carbonyl (C=O) groups is 2. The number of aryl methyl sites for hydroxylation is 1. The summed E-state index contributed by atoms with van der Waals surface area (Å²) < 4.78 is 19.7. The largest absolute Gasteiger partial charge is 0.481 e. The Morgan fingerprint density at radius 2 is 1.89 bits per heavy atom. The zero-order chi connectivity index (χ0) is 25.9. The molecule has 1 aliphatic carbocycles. The van der Waals surface area contributed by atoms with Gasteiger partial charge in [-0.1, -0.05) is 55.0 Å². The molecule has 0 aromatic heterocycles. The van der Waals surface area contributed by atoms with Crippen molar-refractivity contribution in [2.24, 2.45) is 5.92 Å². The molecular formula is C31H33FN2O3. The molecule has 5 nitrogen and oxygen atoms in total. The second-order valence-corrected chi connectivity index (χ2v) is 10.1. The molecule has 2 aliphatic rings. The van der Waals surface area contributed by atoms with Gasteiger partial charge in [0.25, 0.3) is 5.91 Å². The number of rotatable bonds is 8. The number of fused-ring (bicyclic) bond motifs is 1. The van der Waals surface area contributed by atoms with Crippen LogP contribution >= 0.6 is 0 Å². The molecule has 0 saturated heterocycles. The number of halogens is 1. The first-order chi connectivity index (χ1) is 17.9. The molecule has 5 rings (SSSR count). The fourth-order valence-electron chi connectivity index (χ4n) is 5.10. The van der Waals surface area contributed by atoms with Crippen LogP contribution in [0.2, 0.25) is 0 Å². The summed E-state index contributed by atoms with van der Waals surface area (Å²) in [5.74, 6) is 0.391. The second kappa shape index (κ2) is 10.8. The summed E-state index contributed by atoms with van der Waals surface area (Å²) in [6.45, 7) is 4.89. The molecule has 3 aromatic carbocycles. The highest BCUT2D eigenvalue weighted by Crippen LogP contribution is 2.41. The van der Waals surface area contributed by atoms with Gasteiger partial charge in [-0.25, -0.2) is 4.39 Å². The monoisotopic (exact) mass is 500 g/mol. The summed E-state index contributed by atoms with van der Waals surface area (Å²) in [5, 5.41) is 2.86. The van der Waals surface area contributed by atoms with Crippen molar-refractivity contribution < 1.29 is 18.7 Å². The lowest BCUT2D eigenvalue weighted by Gasteiger charge is -2.38. The molecule has 1 aliphatic heterocycles. The van der Waals surface area contributed by atoms with Crippen molar-refractivity contribution in [2.45, 2.75) is 58.2 Å². The van der Waals surface area contributed by atoms with Gasteiger partial charge in [0.05, 0.1) is 6.04 Å². The number of carbonyl (C=O) groups excluding carboxylic acids is 2. The van der Waals surface area contributed by atoms with Gasteiger partial charge in [-0.05, 0) is 79.1 Å². The normalized spacial score (nSPS) is 17.6. The van der Waals surface area contributed by atoms with Crippen LogP contribution in [-0.4, -0.2) is 29.4 Å². The lowest BCUT2D eigenvalue weighted by molar-refractivity contribution is -0.134. The Bertz CT molecular complexity index is 1300. The van der Waals surface area contributed by atoms with E-state index in [0.717, 1.165) is 36.0 Å². The number of hydrogen-bond donors (Lipinski definition) is 1. The average molecular weight is 501 g/mol. The number of benzene rings is 3. The van der Waals surface area contributed by atoms with Crippen molar-refractivity contribution in [2.75, 3.05) is 6.54 Å². The number of amides is 2. The fourth-order valence-corrected chi connectivity index (χ4v) is 5.10. The number of ether oxygens (including phenoxy) is 1. The summed E-state index contributed by atoms with van der Waals surface area (Å²) in [7, 11) is 0. The lowest BCUT2D eigenvalue weighted by Crippen LogP contribution is -2.41. The highest BCUT2D eigenvalue weighted by molar-refractivity contribution is 5.82. The molecule has 1 heterocycles. The van der Waals surface area contributed by atoms with Crippen LogP contribution in [0.15, 0.2) is 66.7 Å². The van der Waals surface area contributed by atoms with Crippen molar-refractivity contribution in [3.8, 4) is 5.75 Å². The maximum absolute atomic E-state index is 13.5. The Balaban J connectivity index is 1.38. The van der Waals surface area contributed by atoms with Gasteiger partial charge in [0, 0.05) is 19.0 Å². The van der Waals surface area contributed by atoms with Crippen LogP contribution in [0.4, 0.5) is 4.39 Å². The molecule has 1 saturated carbocycles. The molecule has 0 spiro atoms. The van der Waals surface area contributed by atoms with Gasteiger partial charge in [0.15, 0.2) is 6.10 Å². The molecule has 1 fully saturated rings. The average Bonchev–Trinajstić information content (AvgIpc) is 3.75. The maximum atomic E-state index is 13.5. The van der Waals surface area contributed by atoms with Crippen molar-refractivity contribution >= 4 is 11.8 Å². The minimum absolute atomic E-state index is 0.138. The molecule has 0 radical (unpaired) electrons. The van der Waals surface area contributed by atoms with E-state index in [1.807, 2.05) is 30.0 Å². The smallest absolute Gasteiger partial charge is 0.261 e. The van der Waals surface area contributed by atoms with Gasteiger partial charge in [0.1, 0.15) is 11.6 Å². The van der Waals surface area contributed by atoms with E-state index in [2.05, 4.69) is 36.5 Å².